The van der Waals surface area contributed by atoms with E-state index in [1.165, 1.54) is 0 Å². The highest BCUT2D eigenvalue weighted by Crippen LogP contribution is 2.08. The molecule has 0 bridgehead atoms. The van der Waals surface area contributed by atoms with Crippen molar-refractivity contribution in [2.45, 2.75) is 48.8 Å². The Morgan fingerprint density at radius 2 is 0.926 bits per heavy atom. The van der Waals surface area contributed by atoms with Gasteiger partial charge in [0.2, 0.25) is 0 Å². The van der Waals surface area contributed by atoms with Crippen LogP contribution in [-0.4, -0.2) is 133 Å². The van der Waals surface area contributed by atoms with Gasteiger partial charge in [-0.15, -0.1) is 0 Å². The number of aliphatic hydroxyl groups is 10. The summed E-state index contributed by atoms with van der Waals surface area (Å²) in [5.41, 5.74) is 0. The summed E-state index contributed by atoms with van der Waals surface area (Å²) in [6, 6.07) is 0. The molecule has 0 aliphatic carbocycles. The summed E-state index contributed by atoms with van der Waals surface area (Å²) < 4.78 is 8.45. The third-order valence-corrected chi connectivity index (χ3v) is 3.39. The first-order chi connectivity index (χ1) is 12.5. The van der Waals surface area contributed by atoms with Crippen LogP contribution in [0.25, 0.3) is 0 Å². The minimum absolute atomic E-state index is 0.978. The predicted molar refractivity (Wildman–Crippen MR) is 81.6 cm³/mol. The Morgan fingerprint density at radius 1 is 0.630 bits per heavy atom. The van der Waals surface area contributed by atoms with E-state index in [1.54, 1.807) is 0 Å². The van der Waals surface area contributed by atoms with Crippen molar-refractivity contribution in [2.75, 3.05) is 13.2 Å². The van der Waals surface area contributed by atoms with Crippen molar-refractivity contribution in [1.29, 1.82) is 0 Å². The van der Waals surface area contributed by atoms with E-state index in [-0.39, 0.29) is 0 Å². The number of hydrogen-bond donors (Lipinski definition) is 10. The fourth-order valence-corrected chi connectivity index (χ4v) is 1.64. The zero-order chi connectivity index (χ0) is 21.3. The van der Waals surface area contributed by atoms with E-state index < -0.39 is 81.7 Å². The Morgan fingerprint density at radius 3 is 1.19 bits per heavy atom. The van der Waals surface area contributed by atoms with Gasteiger partial charge in [-0.25, -0.2) is 0 Å². The van der Waals surface area contributed by atoms with Crippen molar-refractivity contribution in [2.24, 2.45) is 0 Å². The Kier molecular flexibility index (Phi) is 11.5. The van der Waals surface area contributed by atoms with Gasteiger partial charge in [0.25, 0.3) is 0 Å². The van der Waals surface area contributed by atoms with Gasteiger partial charge in [0.05, 0.1) is 13.2 Å². The Bertz CT molecular complexity index is 423. The van der Waals surface area contributed by atoms with Gasteiger partial charge in [-0.2, -0.15) is 0 Å². The van der Waals surface area contributed by atoms with Gasteiger partial charge in [0.15, 0.2) is 12.2 Å². The van der Waals surface area contributed by atoms with Gasteiger partial charge >= 0.3 is 19.6 Å². The molecule has 0 aliphatic rings. The second kappa shape index (κ2) is 12.1. The van der Waals surface area contributed by atoms with Crippen molar-refractivity contribution in [3.63, 3.8) is 0 Å². The molecule has 0 spiro atoms. The van der Waals surface area contributed by atoms with E-state index in [1.807, 2.05) is 0 Å². The molecule has 0 saturated heterocycles. The average molecular weight is 402 g/mol. The molecule has 0 saturated carbocycles. The summed E-state index contributed by atoms with van der Waals surface area (Å²) in [4.78, 5) is 22.9. The van der Waals surface area contributed by atoms with Crippen LogP contribution >= 0.6 is 0 Å². The van der Waals surface area contributed by atoms with Gasteiger partial charge < -0.3 is 60.4 Å². The monoisotopic (exact) mass is 402 g/mol. The van der Waals surface area contributed by atoms with E-state index in [4.69, 9.17) is 20.4 Å². The van der Waals surface area contributed by atoms with Crippen LogP contribution in [0.15, 0.2) is 0 Å². The summed E-state index contributed by atoms with van der Waals surface area (Å²) in [5, 5.41) is 91.8. The lowest BCUT2D eigenvalue weighted by Crippen LogP contribution is -2.50. The van der Waals surface area contributed by atoms with Gasteiger partial charge in [0.1, 0.15) is 36.6 Å². The van der Waals surface area contributed by atoms with Crippen LogP contribution < -0.4 is 0 Å². The molecule has 27 heavy (non-hydrogen) atoms. The van der Waals surface area contributed by atoms with Crippen LogP contribution in [0.4, 0.5) is 0 Å². The average Bonchev–Trinajstić information content (AvgIpc) is 2.68. The van der Waals surface area contributed by atoms with E-state index in [2.05, 4.69) is 9.31 Å². The highest BCUT2D eigenvalue weighted by molar-refractivity contribution is 6.26. The number of carbonyl (C=O) groups is 2. The smallest absolute Gasteiger partial charge is 0.500 e. The molecule has 0 aromatic rings. The quantitative estimate of drug-likeness (QED) is 0.136. The molecule has 14 nitrogen and oxygen atoms in total. The third kappa shape index (κ3) is 7.63. The summed E-state index contributed by atoms with van der Waals surface area (Å²) in [5.74, 6) is -3.21. The molecule has 15 heteroatoms. The Labute approximate surface area is 152 Å². The molecule has 0 fully saturated rings. The van der Waals surface area contributed by atoms with Gasteiger partial charge in [0, 0.05) is 0 Å². The van der Waals surface area contributed by atoms with Gasteiger partial charge in [-0.05, 0) is 0 Å². The van der Waals surface area contributed by atoms with Gasteiger partial charge in [-0.3, -0.25) is 9.59 Å². The molecule has 10 N–H and O–H groups in total. The number of carbonyl (C=O) groups excluding carboxylic acids is 2. The van der Waals surface area contributed by atoms with Crippen molar-refractivity contribution in [3.05, 3.63) is 0 Å². The van der Waals surface area contributed by atoms with Crippen molar-refractivity contribution < 1.29 is 70.0 Å². The maximum absolute atomic E-state index is 11.4. The van der Waals surface area contributed by atoms with Crippen LogP contribution in [0.5, 0.6) is 0 Å². The number of rotatable bonds is 12. The molecule has 0 rings (SSSR count). The zero-order valence-electron chi connectivity index (χ0n) is 13.8. The van der Waals surface area contributed by atoms with Crippen LogP contribution in [0.2, 0.25) is 0 Å². The lowest BCUT2D eigenvalue weighted by atomic mass is 10.0. The minimum atomic E-state index is -2.39. The lowest BCUT2D eigenvalue weighted by Gasteiger charge is -2.25. The molecule has 0 aromatic carbocycles. The largest absolute Gasteiger partial charge is 0.580 e. The molecule has 0 unspecified atom stereocenters. The van der Waals surface area contributed by atoms with E-state index in [0.717, 1.165) is 0 Å². The Balaban J connectivity index is 4.48. The third-order valence-electron chi connectivity index (χ3n) is 3.39. The predicted octanol–water partition coefficient (Wildman–Crippen LogP) is -7.79. The first-order valence-electron chi connectivity index (χ1n) is 7.49. The van der Waals surface area contributed by atoms with Crippen molar-refractivity contribution in [3.8, 4) is 0 Å². The second-order valence-corrected chi connectivity index (χ2v) is 5.40. The van der Waals surface area contributed by atoms with Crippen LogP contribution in [0.1, 0.15) is 0 Å². The maximum atomic E-state index is 11.4. The number of hydrogen-bond acceptors (Lipinski definition) is 14. The molecule has 0 aromatic heterocycles. The standard InChI is InChI=1S/C12H23BO14/c14-1-3(16)5(18)7(20)9(22)11(24)26-13-27-12(25)10(23)8(21)6(19)4(17)2-15/h3-10,13-23H,1-2H2/t3-,4-,5-,6-,7+,8+,9-,10-/m1/s1. The first-order valence-corrected chi connectivity index (χ1v) is 7.49. The summed E-state index contributed by atoms with van der Waals surface area (Å²) in [6.45, 7) is -1.96. The fourth-order valence-electron chi connectivity index (χ4n) is 1.64. The number of aliphatic hydroxyl groups excluding tert-OH is 10. The summed E-state index contributed by atoms with van der Waals surface area (Å²) in [6.07, 6.45) is -17.2. The fraction of sp³-hybridized carbons (Fsp3) is 0.833. The van der Waals surface area contributed by atoms with Crippen LogP contribution in [-0.2, 0) is 18.9 Å². The molecular weight excluding hydrogens is 379 g/mol. The first kappa shape index (κ1) is 25.6. The second-order valence-electron chi connectivity index (χ2n) is 5.40. The molecule has 158 valence electrons. The maximum Gasteiger partial charge on any atom is 0.580 e. The van der Waals surface area contributed by atoms with Crippen LogP contribution in [0.3, 0.4) is 0 Å². The molecular formula is C12H23BO14. The SMILES string of the molecule is O=C(OBOC(=O)[C@H](O)[C@@H](O)[C@H](O)[C@H](O)CO)[C@H](O)[C@@H](O)[C@H](O)[C@H](O)CO. The van der Waals surface area contributed by atoms with E-state index in [0.29, 0.717) is 0 Å². The highest BCUT2D eigenvalue weighted by Gasteiger charge is 2.37. The molecule has 8 atom stereocenters. The van der Waals surface area contributed by atoms with Gasteiger partial charge in [-0.1, -0.05) is 0 Å². The molecule has 0 aliphatic heterocycles. The highest BCUT2D eigenvalue weighted by atomic mass is 16.6. The summed E-state index contributed by atoms with van der Waals surface area (Å²) in [7, 11) is -1.22. The topological polar surface area (TPSA) is 255 Å². The van der Waals surface area contributed by atoms with Crippen molar-refractivity contribution in [1.82, 2.24) is 0 Å². The normalized spacial score (nSPS) is 20.4. The zero-order valence-corrected chi connectivity index (χ0v) is 13.8. The summed E-state index contributed by atoms with van der Waals surface area (Å²) >= 11 is 0. The molecule has 0 amide bonds. The molecule has 0 heterocycles. The van der Waals surface area contributed by atoms with E-state index >= 15 is 0 Å². The van der Waals surface area contributed by atoms with Crippen LogP contribution in [0, 0.1) is 0 Å². The van der Waals surface area contributed by atoms with E-state index in [9.17, 15) is 40.2 Å². The molecule has 0 radical (unpaired) electrons. The Hall–Kier alpha value is -1.40. The minimum Gasteiger partial charge on any atom is -0.500 e. The lowest BCUT2D eigenvalue weighted by molar-refractivity contribution is -0.166. The van der Waals surface area contributed by atoms with Crippen molar-refractivity contribution >= 4 is 19.6 Å².